The summed E-state index contributed by atoms with van der Waals surface area (Å²) in [6, 6.07) is 8.06. The van der Waals surface area contributed by atoms with Crippen LogP contribution in [-0.4, -0.2) is 26.0 Å². The first kappa shape index (κ1) is 15.8. The maximum atomic E-state index is 12.0. The van der Waals surface area contributed by atoms with E-state index < -0.39 is 5.97 Å². The van der Waals surface area contributed by atoms with Gasteiger partial charge in [-0.3, -0.25) is 4.79 Å². The molecule has 2 rings (SSSR count). The topological polar surface area (TPSA) is 75.7 Å². The Morgan fingerprint density at radius 1 is 1.05 bits per heavy atom. The number of rotatable bonds is 6. The number of carboxylic acids is 1. The summed E-state index contributed by atoms with van der Waals surface area (Å²) in [4.78, 5) is 23.1. The molecule has 1 aromatic heterocycles. The number of allylic oxidation sites excluding steroid dienone is 1. The number of ketones is 1. The molecule has 6 heteroatoms. The van der Waals surface area contributed by atoms with E-state index in [1.165, 1.54) is 18.2 Å². The average Bonchev–Trinajstić information content (AvgIpc) is 3.02. The Hall–Kier alpha value is -2.60. The van der Waals surface area contributed by atoms with Crippen molar-refractivity contribution in [3.63, 3.8) is 0 Å². The summed E-state index contributed by atoms with van der Waals surface area (Å²) in [6.07, 6.45) is 2.99. The van der Waals surface area contributed by atoms with Crippen molar-refractivity contribution in [2.24, 2.45) is 0 Å². The number of ether oxygens (including phenoxy) is 2. The van der Waals surface area contributed by atoms with Crippen LogP contribution in [0.3, 0.4) is 0 Å². The Morgan fingerprint density at radius 3 is 2.14 bits per heavy atom. The molecule has 0 radical (unpaired) electrons. The lowest BCUT2D eigenvalue weighted by molar-refractivity contribution is -0.254. The molecule has 0 saturated heterocycles. The molecule has 5 nitrogen and oxygen atoms in total. The summed E-state index contributed by atoms with van der Waals surface area (Å²) in [7, 11) is 3.08. The van der Waals surface area contributed by atoms with Gasteiger partial charge in [0.15, 0.2) is 5.78 Å². The maximum absolute atomic E-state index is 12.0. The van der Waals surface area contributed by atoms with Crippen molar-refractivity contribution in [1.82, 2.24) is 0 Å². The van der Waals surface area contributed by atoms with Crippen LogP contribution >= 0.6 is 11.3 Å². The molecule has 0 unspecified atom stereocenters. The van der Waals surface area contributed by atoms with Crippen LogP contribution < -0.4 is 14.6 Å². The van der Waals surface area contributed by atoms with E-state index in [4.69, 9.17) is 9.47 Å². The van der Waals surface area contributed by atoms with E-state index in [1.54, 1.807) is 38.5 Å². The normalized spacial score (nSPS) is 10.6. The highest BCUT2D eigenvalue weighted by Gasteiger charge is 2.07. The van der Waals surface area contributed by atoms with E-state index in [-0.39, 0.29) is 10.7 Å². The van der Waals surface area contributed by atoms with Crippen LogP contribution in [0.2, 0.25) is 0 Å². The van der Waals surface area contributed by atoms with E-state index in [9.17, 15) is 14.7 Å². The van der Waals surface area contributed by atoms with Crippen molar-refractivity contribution < 1.29 is 24.2 Å². The Kier molecular flexibility index (Phi) is 4.95. The van der Waals surface area contributed by atoms with E-state index in [1.807, 2.05) is 0 Å². The van der Waals surface area contributed by atoms with Crippen LogP contribution in [0.4, 0.5) is 0 Å². The standard InChI is InChI=1S/C16H14O5S/c1-20-11-7-10(8-12(9-11)21-2)3-4-13(17)14-5-6-15(22-14)16(18)19/h3-9H,1-2H3,(H,18,19)/p-1/b4-3+. The highest BCUT2D eigenvalue weighted by atomic mass is 32.1. The second-order valence-corrected chi connectivity index (χ2v) is 5.38. The summed E-state index contributed by atoms with van der Waals surface area (Å²) in [6.45, 7) is 0. The number of thiophene rings is 1. The number of carbonyl (C=O) groups is 2. The van der Waals surface area contributed by atoms with Crippen molar-refractivity contribution in [1.29, 1.82) is 0 Å². The molecule has 22 heavy (non-hydrogen) atoms. The van der Waals surface area contributed by atoms with Crippen LogP contribution in [0, 0.1) is 0 Å². The zero-order valence-corrected chi connectivity index (χ0v) is 12.8. The predicted octanol–water partition coefficient (Wildman–Crippen LogP) is 2.02. The van der Waals surface area contributed by atoms with Crippen molar-refractivity contribution >= 4 is 29.2 Å². The molecule has 0 N–H and O–H groups in total. The van der Waals surface area contributed by atoms with Gasteiger partial charge >= 0.3 is 0 Å². The van der Waals surface area contributed by atoms with E-state index in [0.29, 0.717) is 16.4 Å². The molecule has 0 bridgehead atoms. The molecular formula is C16H13O5S-. The van der Waals surface area contributed by atoms with Crippen LogP contribution in [0.5, 0.6) is 11.5 Å². The Bertz CT molecular complexity index is 708. The van der Waals surface area contributed by atoms with Crippen molar-refractivity contribution in [3.05, 3.63) is 51.7 Å². The zero-order valence-electron chi connectivity index (χ0n) is 12.0. The number of methoxy groups -OCH3 is 2. The number of benzene rings is 1. The molecule has 0 spiro atoms. The molecule has 114 valence electrons. The van der Waals surface area contributed by atoms with Gasteiger partial charge in [-0.1, -0.05) is 6.08 Å². The molecule has 0 amide bonds. The minimum absolute atomic E-state index is 0.0276. The number of hydrogen-bond donors (Lipinski definition) is 0. The quantitative estimate of drug-likeness (QED) is 0.602. The number of carbonyl (C=O) groups excluding carboxylic acids is 2. The second kappa shape index (κ2) is 6.91. The molecule has 0 fully saturated rings. The first-order valence-corrected chi connectivity index (χ1v) is 7.12. The largest absolute Gasteiger partial charge is 0.544 e. The summed E-state index contributed by atoms with van der Waals surface area (Å²) in [5, 5.41) is 10.7. The fraction of sp³-hybridized carbons (Fsp3) is 0.125. The minimum Gasteiger partial charge on any atom is -0.544 e. The smallest absolute Gasteiger partial charge is 0.195 e. The summed E-state index contributed by atoms with van der Waals surface area (Å²) >= 11 is 0.887. The average molecular weight is 317 g/mol. The monoisotopic (exact) mass is 317 g/mol. The summed E-state index contributed by atoms with van der Waals surface area (Å²) < 4.78 is 10.3. The maximum Gasteiger partial charge on any atom is 0.195 e. The highest BCUT2D eigenvalue weighted by molar-refractivity contribution is 7.16. The van der Waals surface area contributed by atoms with Gasteiger partial charge in [-0.15, -0.1) is 11.3 Å². The molecule has 2 aromatic rings. The molecule has 1 heterocycles. The van der Waals surface area contributed by atoms with Gasteiger partial charge in [-0.25, -0.2) is 0 Å². The minimum atomic E-state index is -1.29. The van der Waals surface area contributed by atoms with Gasteiger partial charge in [0.1, 0.15) is 11.5 Å². The van der Waals surface area contributed by atoms with E-state index >= 15 is 0 Å². The van der Waals surface area contributed by atoms with Crippen molar-refractivity contribution in [2.75, 3.05) is 14.2 Å². The molecule has 0 aliphatic carbocycles. The summed E-state index contributed by atoms with van der Waals surface area (Å²) in [5.41, 5.74) is 0.737. The predicted molar refractivity (Wildman–Crippen MR) is 81.6 cm³/mol. The van der Waals surface area contributed by atoms with Gasteiger partial charge in [-0.2, -0.15) is 0 Å². The van der Waals surface area contributed by atoms with Crippen LogP contribution in [0.25, 0.3) is 6.08 Å². The zero-order chi connectivity index (χ0) is 16.1. The number of hydrogen-bond acceptors (Lipinski definition) is 6. The van der Waals surface area contributed by atoms with Crippen LogP contribution in [0.1, 0.15) is 24.9 Å². The lowest BCUT2D eigenvalue weighted by atomic mass is 10.1. The highest BCUT2D eigenvalue weighted by Crippen LogP contribution is 2.24. The SMILES string of the molecule is COc1cc(/C=C/C(=O)c2ccc(C(=O)[O-])s2)cc(OC)c1. The first-order valence-electron chi connectivity index (χ1n) is 6.30. The van der Waals surface area contributed by atoms with Gasteiger partial charge in [0.25, 0.3) is 0 Å². The lowest BCUT2D eigenvalue weighted by Gasteiger charge is -2.05. The number of carboxylic acid groups (broad SMARTS) is 1. The fourth-order valence-electron chi connectivity index (χ4n) is 1.76. The Balaban J connectivity index is 2.19. The van der Waals surface area contributed by atoms with Crippen molar-refractivity contribution in [3.8, 4) is 11.5 Å². The van der Waals surface area contributed by atoms with Crippen LogP contribution in [0.15, 0.2) is 36.4 Å². The third-order valence-electron chi connectivity index (χ3n) is 2.85. The molecule has 0 aliphatic heterocycles. The molecule has 1 aromatic carbocycles. The third-order valence-corrected chi connectivity index (χ3v) is 3.93. The van der Waals surface area contributed by atoms with Crippen molar-refractivity contribution in [2.45, 2.75) is 0 Å². The van der Waals surface area contributed by atoms with Gasteiger partial charge in [0, 0.05) is 6.07 Å². The Morgan fingerprint density at radius 2 is 1.64 bits per heavy atom. The van der Waals surface area contributed by atoms with Gasteiger partial charge in [0.05, 0.1) is 29.9 Å². The van der Waals surface area contributed by atoms with E-state index in [2.05, 4.69) is 0 Å². The fourth-order valence-corrected chi connectivity index (χ4v) is 2.52. The molecule has 0 aliphatic rings. The third kappa shape index (κ3) is 3.73. The molecular weight excluding hydrogens is 304 g/mol. The van der Waals surface area contributed by atoms with Crippen LogP contribution in [-0.2, 0) is 0 Å². The summed E-state index contributed by atoms with van der Waals surface area (Å²) in [5.74, 6) is -0.339. The van der Waals surface area contributed by atoms with Gasteiger partial charge in [-0.05, 0) is 35.9 Å². The molecule has 0 atom stereocenters. The number of aromatic carboxylic acids is 1. The lowest BCUT2D eigenvalue weighted by Crippen LogP contribution is -2.20. The molecule has 0 saturated carbocycles. The second-order valence-electron chi connectivity index (χ2n) is 4.29. The van der Waals surface area contributed by atoms with Gasteiger partial charge in [0.2, 0.25) is 0 Å². The van der Waals surface area contributed by atoms with Gasteiger partial charge < -0.3 is 19.4 Å². The first-order chi connectivity index (χ1) is 10.5. The Labute approximate surface area is 131 Å². The van der Waals surface area contributed by atoms with E-state index in [0.717, 1.165) is 16.9 Å².